The summed E-state index contributed by atoms with van der Waals surface area (Å²) in [4.78, 5) is 4.44. The van der Waals surface area contributed by atoms with Crippen molar-refractivity contribution < 1.29 is 4.74 Å². The molecule has 5 heteroatoms. The molecule has 29 heavy (non-hydrogen) atoms. The number of allylic oxidation sites excluding steroid dienone is 1. The van der Waals surface area contributed by atoms with Gasteiger partial charge in [0, 0.05) is 44.9 Å². The highest BCUT2D eigenvalue weighted by Gasteiger charge is 2.34. The fourth-order valence-electron chi connectivity index (χ4n) is 4.37. The lowest BCUT2D eigenvalue weighted by atomic mass is 9.88. The van der Waals surface area contributed by atoms with Gasteiger partial charge in [-0.05, 0) is 57.4 Å². The largest absolute Gasteiger partial charge is 0.381 e. The third-order valence-electron chi connectivity index (χ3n) is 6.21. The van der Waals surface area contributed by atoms with Crippen LogP contribution in [0.4, 0.5) is 0 Å². The van der Waals surface area contributed by atoms with Gasteiger partial charge in [-0.2, -0.15) is 0 Å². The van der Waals surface area contributed by atoms with Crippen LogP contribution in [-0.4, -0.2) is 44.8 Å². The van der Waals surface area contributed by atoms with Crippen molar-refractivity contribution >= 4 is 5.96 Å². The number of hydrogen-bond acceptors (Lipinski definition) is 3. The standard InChI is InChI=1S/C24H38N4O/c1-20(22-11-7-4-8-12-22)28-24(14-17-29-18-15-24)19-27-23(25-2)26-16-13-21-9-5-3-6-10-21/h4,7-9,11-12,20,28H,3,5-6,10,13-19H2,1-2H3,(H2,25,26,27). The molecule has 3 N–H and O–H groups in total. The van der Waals surface area contributed by atoms with Crippen molar-refractivity contribution in [3.8, 4) is 0 Å². The fourth-order valence-corrected chi connectivity index (χ4v) is 4.37. The quantitative estimate of drug-likeness (QED) is 0.353. The molecule has 1 aliphatic heterocycles. The van der Waals surface area contributed by atoms with E-state index in [1.165, 1.54) is 31.2 Å². The van der Waals surface area contributed by atoms with Crippen LogP contribution in [0.5, 0.6) is 0 Å². The van der Waals surface area contributed by atoms with Crippen molar-refractivity contribution in [2.75, 3.05) is 33.4 Å². The predicted molar refractivity (Wildman–Crippen MR) is 121 cm³/mol. The van der Waals surface area contributed by atoms with Gasteiger partial charge in [-0.1, -0.05) is 42.0 Å². The average molecular weight is 399 g/mol. The van der Waals surface area contributed by atoms with Gasteiger partial charge in [0.15, 0.2) is 5.96 Å². The zero-order valence-electron chi connectivity index (χ0n) is 18.2. The van der Waals surface area contributed by atoms with Crippen LogP contribution >= 0.6 is 0 Å². The molecular formula is C24H38N4O. The van der Waals surface area contributed by atoms with Crippen LogP contribution in [-0.2, 0) is 4.74 Å². The van der Waals surface area contributed by atoms with Crippen LogP contribution in [0.2, 0.25) is 0 Å². The molecule has 0 saturated carbocycles. The molecule has 1 saturated heterocycles. The number of benzene rings is 1. The summed E-state index contributed by atoms with van der Waals surface area (Å²) in [6.07, 6.45) is 10.7. The third-order valence-corrected chi connectivity index (χ3v) is 6.21. The first-order chi connectivity index (χ1) is 14.2. The minimum atomic E-state index is 0.0109. The predicted octanol–water partition coefficient (Wildman–Crippen LogP) is 3.94. The molecule has 0 spiro atoms. The van der Waals surface area contributed by atoms with Gasteiger partial charge in [-0.25, -0.2) is 0 Å². The SMILES string of the molecule is CN=C(NCCC1=CCCCC1)NCC1(NC(C)c2ccccc2)CCOCC1. The van der Waals surface area contributed by atoms with Crippen molar-refractivity contribution in [1.29, 1.82) is 0 Å². The van der Waals surface area contributed by atoms with E-state index in [1.807, 2.05) is 7.05 Å². The Morgan fingerprint density at radius 3 is 2.62 bits per heavy atom. The lowest BCUT2D eigenvalue weighted by Crippen LogP contribution is -2.58. The highest BCUT2D eigenvalue weighted by Crippen LogP contribution is 2.25. The summed E-state index contributed by atoms with van der Waals surface area (Å²) < 4.78 is 5.66. The summed E-state index contributed by atoms with van der Waals surface area (Å²) in [5.41, 5.74) is 2.93. The summed E-state index contributed by atoms with van der Waals surface area (Å²) in [6.45, 7) is 5.63. The first-order valence-corrected chi connectivity index (χ1v) is 11.2. The highest BCUT2D eigenvalue weighted by atomic mass is 16.5. The Hall–Kier alpha value is -1.85. The van der Waals surface area contributed by atoms with Gasteiger partial charge in [-0.15, -0.1) is 0 Å². The molecule has 0 amide bonds. The van der Waals surface area contributed by atoms with Gasteiger partial charge in [-0.3, -0.25) is 4.99 Å². The van der Waals surface area contributed by atoms with E-state index in [9.17, 15) is 0 Å². The molecule has 2 aliphatic rings. The monoisotopic (exact) mass is 398 g/mol. The third kappa shape index (κ3) is 6.86. The van der Waals surface area contributed by atoms with E-state index >= 15 is 0 Å². The normalized spacial score (nSPS) is 20.6. The second-order valence-electron chi connectivity index (χ2n) is 8.38. The topological polar surface area (TPSA) is 57.7 Å². The molecule has 1 atom stereocenters. The van der Waals surface area contributed by atoms with Gasteiger partial charge in [0.2, 0.25) is 0 Å². The van der Waals surface area contributed by atoms with Crippen LogP contribution in [0, 0.1) is 0 Å². The van der Waals surface area contributed by atoms with E-state index in [0.717, 1.165) is 51.5 Å². The molecule has 1 aromatic carbocycles. The molecule has 1 fully saturated rings. The average Bonchev–Trinajstić information content (AvgIpc) is 2.78. The Labute approximate surface area is 176 Å². The van der Waals surface area contributed by atoms with Crippen molar-refractivity contribution in [3.63, 3.8) is 0 Å². The fraction of sp³-hybridized carbons (Fsp3) is 0.625. The first-order valence-electron chi connectivity index (χ1n) is 11.2. The maximum atomic E-state index is 5.66. The smallest absolute Gasteiger partial charge is 0.191 e. The molecule has 0 aromatic heterocycles. The molecule has 1 aromatic rings. The Morgan fingerprint density at radius 2 is 1.93 bits per heavy atom. The molecule has 0 bridgehead atoms. The Kier molecular flexibility index (Phi) is 8.56. The lowest BCUT2D eigenvalue weighted by molar-refractivity contribution is 0.0355. The molecule has 3 rings (SSSR count). The van der Waals surface area contributed by atoms with Crippen LogP contribution < -0.4 is 16.0 Å². The van der Waals surface area contributed by atoms with Gasteiger partial charge < -0.3 is 20.7 Å². The van der Waals surface area contributed by atoms with Crippen LogP contribution in [0.15, 0.2) is 47.0 Å². The minimum absolute atomic E-state index is 0.0109. The van der Waals surface area contributed by atoms with Crippen molar-refractivity contribution in [3.05, 3.63) is 47.5 Å². The van der Waals surface area contributed by atoms with Crippen LogP contribution in [0.3, 0.4) is 0 Å². The minimum Gasteiger partial charge on any atom is -0.381 e. The highest BCUT2D eigenvalue weighted by molar-refractivity contribution is 5.79. The van der Waals surface area contributed by atoms with Crippen molar-refractivity contribution in [1.82, 2.24) is 16.0 Å². The number of nitrogens with zero attached hydrogens (tertiary/aromatic N) is 1. The Bertz CT molecular complexity index is 665. The second-order valence-corrected chi connectivity index (χ2v) is 8.38. The van der Waals surface area contributed by atoms with E-state index in [1.54, 1.807) is 5.57 Å². The Balaban J connectivity index is 1.52. The van der Waals surface area contributed by atoms with Crippen molar-refractivity contribution in [2.45, 2.75) is 63.5 Å². The van der Waals surface area contributed by atoms with Gasteiger partial charge >= 0.3 is 0 Å². The van der Waals surface area contributed by atoms with E-state index in [4.69, 9.17) is 4.74 Å². The summed E-state index contributed by atoms with van der Waals surface area (Å²) in [5.74, 6) is 0.890. The Morgan fingerprint density at radius 1 is 1.14 bits per heavy atom. The zero-order chi connectivity index (χ0) is 20.4. The lowest BCUT2D eigenvalue weighted by Gasteiger charge is -2.41. The molecule has 5 nitrogen and oxygen atoms in total. The van der Waals surface area contributed by atoms with E-state index in [-0.39, 0.29) is 5.54 Å². The first kappa shape index (κ1) is 21.8. The number of hydrogen-bond donors (Lipinski definition) is 3. The van der Waals surface area contributed by atoms with Crippen LogP contribution in [0.25, 0.3) is 0 Å². The summed E-state index contributed by atoms with van der Waals surface area (Å²) in [5, 5.41) is 11.0. The number of nitrogens with one attached hydrogen (secondary N) is 3. The van der Waals surface area contributed by atoms with E-state index in [0.29, 0.717) is 6.04 Å². The summed E-state index contributed by atoms with van der Waals surface area (Å²) >= 11 is 0. The number of rotatable bonds is 8. The van der Waals surface area contributed by atoms with E-state index in [2.05, 4.69) is 64.3 Å². The van der Waals surface area contributed by atoms with Gasteiger partial charge in [0.1, 0.15) is 0 Å². The molecule has 1 aliphatic carbocycles. The van der Waals surface area contributed by atoms with Gasteiger partial charge in [0.25, 0.3) is 0 Å². The summed E-state index contributed by atoms with van der Waals surface area (Å²) in [6, 6.07) is 11.0. The van der Waals surface area contributed by atoms with Crippen molar-refractivity contribution in [2.24, 2.45) is 4.99 Å². The maximum Gasteiger partial charge on any atom is 0.191 e. The molecule has 0 radical (unpaired) electrons. The molecule has 160 valence electrons. The second kappa shape index (κ2) is 11.4. The number of aliphatic imine (C=N–C) groups is 1. The van der Waals surface area contributed by atoms with Crippen LogP contribution in [0.1, 0.15) is 63.5 Å². The number of ether oxygens (including phenoxy) is 1. The number of guanidine groups is 1. The molecule has 1 unspecified atom stereocenters. The molecular weight excluding hydrogens is 360 g/mol. The summed E-state index contributed by atoms with van der Waals surface area (Å²) in [7, 11) is 1.85. The van der Waals surface area contributed by atoms with Gasteiger partial charge in [0.05, 0.1) is 0 Å². The molecule has 1 heterocycles. The zero-order valence-corrected chi connectivity index (χ0v) is 18.2. The van der Waals surface area contributed by atoms with E-state index < -0.39 is 0 Å². The maximum absolute atomic E-state index is 5.66.